The Bertz CT molecular complexity index is 796. The van der Waals surface area contributed by atoms with Crippen LogP contribution in [0.25, 0.3) is 22.2 Å². The number of nitrogens with one attached hydrogen (secondary N) is 1. The molecule has 3 rings (SSSR count). The van der Waals surface area contributed by atoms with Gasteiger partial charge in [0.25, 0.3) is 0 Å². The normalized spacial score (nSPS) is 11.0. The first-order valence-electron chi connectivity index (χ1n) is 5.97. The van der Waals surface area contributed by atoms with Crippen molar-refractivity contribution in [2.24, 2.45) is 0 Å². The second kappa shape index (κ2) is 4.66. The van der Waals surface area contributed by atoms with Gasteiger partial charge in [-0.1, -0.05) is 29.1 Å². The monoisotopic (exact) mass is 244 g/mol. The van der Waals surface area contributed by atoms with E-state index in [1.807, 2.05) is 24.3 Å². The van der Waals surface area contributed by atoms with Crippen molar-refractivity contribution in [3.63, 3.8) is 0 Å². The van der Waals surface area contributed by atoms with Gasteiger partial charge in [-0.15, -0.1) is 16.4 Å². The molecule has 1 heterocycles. The molecule has 3 aromatic rings. The van der Waals surface area contributed by atoms with Gasteiger partial charge >= 0.3 is 0 Å². The number of benzene rings is 2. The van der Waals surface area contributed by atoms with Gasteiger partial charge in [-0.2, -0.15) is 5.10 Å². The molecule has 0 spiro atoms. The molecule has 20 heavy (non-hydrogen) atoms. The molecule has 82 valence electrons. The minimum Gasteiger partial charge on any atom is -0.277 e. The molecule has 7 heteroatoms. The lowest BCUT2D eigenvalue weighted by Gasteiger charge is -2.19. The average Bonchev–Trinajstić information content (AvgIpc) is 2.87. The molecule has 2 aromatic carbocycles. The topological polar surface area (TPSA) is 28.7 Å². The summed E-state index contributed by atoms with van der Waals surface area (Å²) in [6, 6.07) is 7.62. The highest BCUT2D eigenvalue weighted by Crippen LogP contribution is 2.22. The summed E-state index contributed by atoms with van der Waals surface area (Å²) < 4.78 is 0. The number of fused-ring (bicyclic) bond motifs is 1. The summed E-state index contributed by atoms with van der Waals surface area (Å²) >= 11 is 0. The standard InChI is InChI=1S/C13H5B5N2/c14-8-7(9(15)11(17)12(18)10(8)16)13-5-3-1-2-4-6(5)19-20-13/h1-4H,(H,19,20). The van der Waals surface area contributed by atoms with Crippen LogP contribution in [-0.4, -0.2) is 49.4 Å². The molecule has 0 aliphatic rings. The van der Waals surface area contributed by atoms with E-state index in [1.54, 1.807) is 0 Å². The van der Waals surface area contributed by atoms with Crippen molar-refractivity contribution in [1.29, 1.82) is 0 Å². The van der Waals surface area contributed by atoms with Gasteiger partial charge in [0.2, 0.25) is 0 Å². The van der Waals surface area contributed by atoms with Crippen LogP contribution in [0.3, 0.4) is 0 Å². The van der Waals surface area contributed by atoms with Crippen LogP contribution in [0.5, 0.6) is 0 Å². The number of rotatable bonds is 1. The lowest BCUT2D eigenvalue weighted by Crippen LogP contribution is -2.55. The predicted octanol–water partition coefficient (Wildman–Crippen LogP) is -2.80. The lowest BCUT2D eigenvalue weighted by atomic mass is 9.60. The Morgan fingerprint density at radius 2 is 1.30 bits per heavy atom. The summed E-state index contributed by atoms with van der Waals surface area (Å²) in [5.41, 5.74) is 3.19. The van der Waals surface area contributed by atoms with Gasteiger partial charge in [0.1, 0.15) is 39.2 Å². The summed E-state index contributed by atoms with van der Waals surface area (Å²) in [6.45, 7) is 0. The van der Waals surface area contributed by atoms with Crippen LogP contribution < -0.4 is 27.3 Å². The van der Waals surface area contributed by atoms with Crippen LogP contribution in [0.4, 0.5) is 0 Å². The molecule has 0 bridgehead atoms. The van der Waals surface area contributed by atoms with Crippen molar-refractivity contribution in [1.82, 2.24) is 10.2 Å². The fourth-order valence-corrected chi connectivity index (χ4v) is 2.26. The quantitative estimate of drug-likeness (QED) is 0.460. The fourth-order valence-electron chi connectivity index (χ4n) is 2.26. The maximum atomic E-state index is 6.04. The highest BCUT2D eigenvalue weighted by molar-refractivity contribution is 6.68. The zero-order valence-corrected chi connectivity index (χ0v) is 10.6. The lowest BCUT2D eigenvalue weighted by molar-refractivity contribution is 1.13. The molecule has 0 aliphatic heterocycles. The van der Waals surface area contributed by atoms with Crippen molar-refractivity contribution >= 4 is 77.4 Å². The Morgan fingerprint density at radius 3 is 1.95 bits per heavy atom. The van der Waals surface area contributed by atoms with Crippen molar-refractivity contribution in [2.45, 2.75) is 0 Å². The van der Waals surface area contributed by atoms with Crippen LogP contribution in [0, 0.1) is 0 Å². The van der Waals surface area contributed by atoms with E-state index in [9.17, 15) is 0 Å². The minimum atomic E-state index is 0.198. The van der Waals surface area contributed by atoms with E-state index in [0.717, 1.165) is 10.9 Å². The van der Waals surface area contributed by atoms with Crippen LogP contribution in [0.2, 0.25) is 0 Å². The first kappa shape index (κ1) is 13.2. The van der Waals surface area contributed by atoms with Crippen LogP contribution >= 0.6 is 0 Å². The Balaban J connectivity index is 2.41. The molecule has 0 fully saturated rings. The number of aromatic nitrogens is 2. The SMILES string of the molecule is [B]c1c([B])c([B])c(-c2n[nH]c3ccccc23)c([B])c1[B]. The Morgan fingerprint density at radius 1 is 0.750 bits per heavy atom. The second-order valence-electron chi connectivity index (χ2n) is 4.56. The minimum absolute atomic E-state index is 0.198. The van der Waals surface area contributed by atoms with E-state index < -0.39 is 0 Å². The molecule has 0 atom stereocenters. The van der Waals surface area contributed by atoms with Gasteiger partial charge in [0, 0.05) is 5.39 Å². The second-order valence-corrected chi connectivity index (χ2v) is 4.56. The maximum Gasteiger partial charge on any atom is 0.113 e. The Hall–Kier alpha value is -1.77. The van der Waals surface area contributed by atoms with Crippen LogP contribution in [-0.2, 0) is 0 Å². The third kappa shape index (κ3) is 1.76. The summed E-state index contributed by atoms with van der Waals surface area (Å²) in [7, 11) is 29.6. The molecule has 10 radical (unpaired) electrons. The Kier molecular flexibility index (Phi) is 3.08. The van der Waals surface area contributed by atoms with Crippen LogP contribution in [0.15, 0.2) is 24.3 Å². The van der Waals surface area contributed by atoms with Crippen molar-refractivity contribution in [2.75, 3.05) is 0 Å². The number of para-hydroxylation sites is 1. The smallest absolute Gasteiger partial charge is 0.113 e. The van der Waals surface area contributed by atoms with E-state index >= 15 is 0 Å². The van der Waals surface area contributed by atoms with E-state index in [0.29, 0.717) is 11.3 Å². The zero-order chi connectivity index (χ0) is 14.4. The van der Waals surface area contributed by atoms with Gasteiger partial charge in [-0.3, -0.25) is 5.10 Å². The van der Waals surface area contributed by atoms with Crippen molar-refractivity contribution in [3.05, 3.63) is 24.3 Å². The predicted molar refractivity (Wildman–Crippen MR) is 88.5 cm³/mol. The molecule has 0 aliphatic carbocycles. The Labute approximate surface area is 123 Å². The van der Waals surface area contributed by atoms with Gasteiger partial charge < -0.3 is 0 Å². The number of hydrogen-bond donors (Lipinski definition) is 1. The van der Waals surface area contributed by atoms with E-state index in [4.69, 9.17) is 39.2 Å². The molecule has 2 nitrogen and oxygen atoms in total. The first-order chi connectivity index (χ1) is 9.52. The molecule has 1 N–H and O–H groups in total. The number of H-pyrrole nitrogens is 1. The van der Waals surface area contributed by atoms with Gasteiger partial charge in [-0.05, 0) is 11.6 Å². The zero-order valence-electron chi connectivity index (χ0n) is 10.6. The van der Waals surface area contributed by atoms with Gasteiger partial charge in [0.05, 0.1) is 11.2 Å². The average molecular weight is 243 g/mol. The van der Waals surface area contributed by atoms with Gasteiger partial charge in [-0.25, -0.2) is 0 Å². The summed E-state index contributed by atoms with van der Waals surface area (Å²) in [4.78, 5) is 0. The molecule has 0 saturated heterocycles. The highest BCUT2D eigenvalue weighted by atomic mass is 15.1. The maximum absolute atomic E-state index is 6.04. The first-order valence-corrected chi connectivity index (χ1v) is 5.97. The number of aromatic amines is 1. The van der Waals surface area contributed by atoms with E-state index in [1.165, 1.54) is 0 Å². The van der Waals surface area contributed by atoms with E-state index in [-0.39, 0.29) is 27.3 Å². The number of nitrogens with zero attached hydrogens (tertiary/aromatic N) is 1. The molecule has 0 amide bonds. The van der Waals surface area contributed by atoms with Crippen LogP contribution in [0.1, 0.15) is 0 Å². The molecule has 1 aromatic heterocycles. The number of hydrogen-bond acceptors (Lipinski definition) is 1. The molecular formula is C13H5B5N2. The third-order valence-corrected chi connectivity index (χ3v) is 3.41. The van der Waals surface area contributed by atoms with E-state index in [2.05, 4.69) is 10.2 Å². The summed E-state index contributed by atoms with van der Waals surface area (Å²) in [5.74, 6) is 0. The van der Waals surface area contributed by atoms with Crippen molar-refractivity contribution < 1.29 is 0 Å². The molecular weight excluding hydrogens is 238 g/mol. The summed E-state index contributed by atoms with van der Waals surface area (Å²) in [6.07, 6.45) is 0. The highest BCUT2D eigenvalue weighted by Gasteiger charge is 2.16. The molecule has 0 saturated carbocycles. The largest absolute Gasteiger partial charge is 0.277 e. The summed E-state index contributed by atoms with van der Waals surface area (Å²) in [5, 5.41) is 8.07. The fraction of sp³-hybridized carbons (Fsp3) is 0. The van der Waals surface area contributed by atoms with Gasteiger partial charge in [0.15, 0.2) is 0 Å². The van der Waals surface area contributed by atoms with Crippen molar-refractivity contribution in [3.8, 4) is 11.3 Å². The third-order valence-electron chi connectivity index (χ3n) is 3.41. The molecule has 0 unspecified atom stereocenters.